The highest BCUT2D eigenvalue weighted by atomic mass is 32.2. The summed E-state index contributed by atoms with van der Waals surface area (Å²) in [4.78, 5) is 10.8. The highest BCUT2D eigenvalue weighted by Gasteiger charge is 2.14. The first kappa shape index (κ1) is 18.0. The van der Waals surface area contributed by atoms with Gasteiger partial charge in [-0.3, -0.25) is 9.35 Å². The van der Waals surface area contributed by atoms with E-state index in [9.17, 15) is 17.8 Å². The molecule has 128 valence electrons. The number of carbonyl (C=O) groups excluding carboxylic acids is 1. The average molecular weight is 349 g/mol. The number of carbonyl (C=O) groups is 1. The van der Waals surface area contributed by atoms with Crippen LogP contribution < -0.4 is 10.1 Å². The molecular weight excluding hydrogens is 330 g/mol. The minimum Gasteiger partial charge on any atom is -0.493 e. The summed E-state index contributed by atoms with van der Waals surface area (Å²) in [6.07, 6.45) is 2.61. The van der Waals surface area contributed by atoms with Crippen molar-refractivity contribution in [3.63, 3.8) is 0 Å². The van der Waals surface area contributed by atoms with Crippen molar-refractivity contribution >= 4 is 26.8 Å². The first-order valence-electron chi connectivity index (χ1n) is 7.45. The Kier molecular flexibility index (Phi) is 5.94. The summed E-state index contributed by atoms with van der Waals surface area (Å²) in [5.41, 5.74) is 0. The van der Waals surface area contributed by atoms with E-state index in [0.29, 0.717) is 30.7 Å². The molecule has 2 aromatic carbocycles. The van der Waals surface area contributed by atoms with Gasteiger partial charge < -0.3 is 10.1 Å². The predicted molar refractivity (Wildman–Crippen MR) is 91.7 cm³/mol. The molecule has 0 unspecified atom stereocenters. The molecule has 0 aliphatic carbocycles. The molecule has 2 rings (SSSR count). The predicted octanol–water partition coefficient (Wildman–Crippen LogP) is 2.55. The minimum atomic E-state index is -4.31. The Hall–Kier alpha value is -2.38. The van der Waals surface area contributed by atoms with Crippen molar-refractivity contribution in [1.29, 1.82) is 0 Å². The van der Waals surface area contributed by atoms with Gasteiger partial charge in [0.15, 0.2) is 0 Å². The van der Waals surface area contributed by atoms with Gasteiger partial charge in [-0.15, -0.1) is 0 Å². The van der Waals surface area contributed by atoms with Crippen molar-refractivity contribution in [3.05, 3.63) is 49.1 Å². The Balaban J connectivity index is 2.05. The molecule has 0 bridgehead atoms. The van der Waals surface area contributed by atoms with Crippen LogP contribution >= 0.6 is 0 Å². The second-order valence-electron chi connectivity index (χ2n) is 5.17. The molecule has 0 spiro atoms. The molecule has 1 amide bonds. The molecule has 7 heteroatoms. The zero-order valence-corrected chi connectivity index (χ0v) is 13.9. The van der Waals surface area contributed by atoms with Crippen LogP contribution in [0, 0.1) is 0 Å². The van der Waals surface area contributed by atoms with Gasteiger partial charge in [0.2, 0.25) is 5.91 Å². The maximum Gasteiger partial charge on any atom is 0.294 e. The summed E-state index contributed by atoms with van der Waals surface area (Å²) in [6, 6.07) is 9.90. The first-order chi connectivity index (χ1) is 11.4. The van der Waals surface area contributed by atoms with Gasteiger partial charge in [0.25, 0.3) is 10.1 Å². The Morgan fingerprint density at radius 1 is 1.25 bits per heavy atom. The van der Waals surface area contributed by atoms with Crippen LogP contribution in [0.15, 0.2) is 53.9 Å². The van der Waals surface area contributed by atoms with Gasteiger partial charge in [-0.05, 0) is 30.4 Å². The number of hydrogen-bond acceptors (Lipinski definition) is 4. The van der Waals surface area contributed by atoms with E-state index in [0.717, 1.165) is 11.8 Å². The van der Waals surface area contributed by atoms with Gasteiger partial charge in [-0.2, -0.15) is 8.42 Å². The number of hydrogen-bond donors (Lipinski definition) is 2. The topological polar surface area (TPSA) is 92.7 Å². The molecule has 6 nitrogen and oxygen atoms in total. The summed E-state index contributed by atoms with van der Waals surface area (Å²) in [5, 5.41) is 4.10. The van der Waals surface area contributed by atoms with Crippen molar-refractivity contribution in [2.75, 3.05) is 13.2 Å². The van der Waals surface area contributed by atoms with Crippen LogP contribution in [0.1, 0.15) is 12.8 Å². The van der Waals surface area contributed by atoms with E-state index >= 15 is 0 Å². The third-order valence-corrected chi connectivity index (χ3v) is 4.24. The van der Waals surface area contributed by atoms with Gasteiger partial charge in [-0.1, -0.05) is 30.8 Å². The Morgan fingerprint density at radius 3 is 2.71 bits per heavy atom. The monoisotopic (exact) mass is 349 g/mol. The smallest absolute Gasteiger partial charge is 0.294 e. The molecule has 0 atom stereocenters. The number of benzene rings is 2. The summed E-state index contributed by atoms with van der Waals surface area (Å²) in [6.45, 7) is 4.24. The highest BCUT2D eigenvalue weighted by molar-refractivity contribution is 7.85. The van der Waals surface area contributed by atoms with Gasteiger partial charge in [-0.25, -0.2) is 0 Å². The molecule has 0 saturated carbocycles. The molecule has 2 N–H and O–H groups in total. The van der Waals surface area contributed by atoms with E-state index < -0.39 is 10.1 Å². The highest BCUT2D eigenvalue weighted by Crippen LogP contribution is 2.29. The second kappa shape index (κ2) is 7.94. The minimum absolute atomic E-state index is 0.200. The third-order valence-electron chi connectivity index (χ3n) is 3.41. The number of ether oxygens (including phenoxy) is 1. The van der Waals surface area contributed by atoms with E-state index in [1.165, 1.54) is 18.2 Å². The molecule has 0 aromatic heterocycles. The molecule has 2 aromatic rings. The van der Waals surface area contributed by atoms with Crippen molar-refractivity contribution in [3.8, 4) is 5.75 Å². The van der Waals surface area contributed by atoms with Gasteiger partial charge in [0.1, 0.15) is 5.75 Å². The van der Waals surface area contributed by atoms with Crippen molar-refractivity contribution in [2.24, 2.45) is 0 Å². The Labute approximate surface area is 140 Å². The van der Waals surface area contributed by atoms with Crippen LogP contribution in [0.5, 0.6) is 5.75 Å². The largest absolute Gasteiger partial charge is 0.493 e. The molecule has 0 radical (unpaired) electrons. The van der Waals surface area contributed by atoms with Crippen LogP contribution in [0.3, 0.4) is 0 Å². The molecule has 0 fully saturated rings. The number of fused-ring (bicyclic) bond motifs is 1. The fourth-order valence-electron chi connectivity index (χ4n) is 2.21. The van der Waals surface area contributed by atoms with E-state index in [1.807, 2.05) is 12.1 Å². The normalized spacial score (nSPS) is 11.2. The number of nitrogens with one attached hydrogen (secondary N) is 1. The summed E-state index contributed by atoms with van der Waals surface area (Å²) >= 11 is 0. The van der Waals surface area contributed by atoms with Gasteiger partial charge >= 0.3 is 0 Å². The lowest BCUT2D eigenvalue weighted by Gasteiger charge is -2.11. The molecule has 0 aliphatic rings. The molecular formula is C17H19NO5S. The van der Waals surface area contributed by atoms with Crippen LogP contribution in [-0.4, -0.2) is 32.0 Å². The lowest BCUT2D eigenvalue weighted by atomic mass is 10.1. The fourth-order valence-corrected chi connectivity index (χ4v) is 2.74. The summed E-state index contributed by atoms with van der Waals surface area (Å²) in [7, 11) is -4.31. The number of rotatable bonds is 8. The average Bonchev–Trinajstić information content (AvgIpc) is 2.56. The van der Waals surface area contributed by atoms with Crippen LogP contribution in [0.25, 0.3) is 10.8 Å². The first-order valence-corrected chi connectivity index (χ1v) is 8.89. The fraction of sp³-hybridized carbons (Fsp3) is 0.235. The molecule has 24 heavy (non-hydrogen) atoms. The lowest BCUT2D eigenvalue weighted by Crippen LogP contribution is -2.22. The Morgan fingerprint density at radius 2 is 2.00 bits per heavy atom. The van der Waals surface area contributed by atoms with Crippen LogP contribution in [0.2, 0.25) is 0 Å². The van der Waals surface area contributed by atoms with E-state index in [1.54, 1.807) is 12.1 Å². The van der Waals surface area contributed by atoms with Gasteiger partial charge in [0.05, 0.1) is 11.5 Å². The van der Waals surface area contributed by atoms with Crippen molar-refractivity contribution in [2.45, 2.75) is 17.7 Å². The van der Waals surface area contributed by atoms with E-state index in [-0.39, 0.29) is 10.8 Å². The van der Waals surface area contributed by atoms with Crippen molar-refractivity contribution in [1.82, 2.24) is 5.32 Å². The summed E-state index contributed by atoms with van der Waals surface area (Å²) < 4.78 is 37.7. The van der Waals surface area contributed by atoms with E-state index in [4.69, 9.17) is 4.74 Å². The number of amides is 1. The molecule has 0 aliphatic heterocycles. The zero-order valence-electron chi connectivity index (χ0n) is 13.1. The van der Waals surface area contributed by atoms with Crippen LogP contribution in [0.4, 0.5) is 0 Å². The van der Waals surface area contributed by atoms with Crippen molar-refractivity contribution < 1.29 is 22.5 Å². The molecule has 0 saturated heterocycles. The summed E-state index contributed by atoms with van der Waals surface area (Å²) in [5.74, 6) is 0.179. The van der Waals surface area contributed by atoms with Crippen LogP contribution in [-0.2, 0) is 14.9 Å². The quantitative estimate of drug-likeness (QED) is 0.434. The second-order valence-corrected chi connectivity index (χ2v) is 6.59. The van der Waals surface area contributed by atoms with Gasteiger partial charge in [0, 0.05) is 18.0 Å². The standard InChI is InChI=1S/C17H19NO5S/c1-2-17(19)18-9-5-6-10-23-16-12-14(24(20,21)22)11-13-7-3-4-8-15(13)16/h2-4,7-8,11-12H,1,5-6,9-10H2,(H,18,19)(H,20,21,22). The maximum atomic E-state index is 11.4. The third kappa shape index (κ3) is 4.81. The SMILES string of the molecule is C=CC(=O)NCCCCOc1cc(S(=O)(=O)O)cc2ccccc12. The Bertz CT molecular complexity index is 845. The lowest BCUT2D eigenvalue weighted by molar-refractivity contribution is -0.116. The number of unbranched alkanes of at least 4 members (excludes halogenated alkanes) is 1. The van der Waals surface area contributed by atoms with E-state index in [2.05, 4.69) is 11.9 Å². The zero-order chi connectivity index (χ0) is 17.6. The molecule has 0 heterocycles. The maximum absolute atomic E-state index is 11.4.